The third-order valence-electron chi connectivity index (χ3n) is 14.5. The molecular weight excluding hydrogens is 991 g/mol. The molecule has 2 aliphatic rings. The van der Waals surface area contributed by atoms with Gasteiger partial charge in [-0.25, -0.2) is 0 Å². The van der Waals surface area contributed by atoms with Crippen LogP contribution in [0.5, 0.6) is 23.0 Å². The van der Waals surface area contributed by atoms with Gasteiger partial charge in [0.05, 0.1) is 19.0 Å². The molecular formula is C58H80Br2Cl2O4. The molecule has 2 aliphatic carbocycles. The van der Waals surface area contributed by atoms with Crippen LogP contribution in [0, 0.1) is 22.7 Å². The number of aromatic hydroxyl groups is 4. The maximum atomic E-state index is 10.9. The minimum atomic E-state index is -0.337. The molecule has 4 aromatic carbocycles. The van der Waals surface area contributed by atoms with E-state index < -0.39 is 0 Å². The highest BCUT2D eigenvalue weighted by atomic mass is 79.9. The lowest BCUT2D eigenvalue weighted by Gasteiger charge is -2.49. The minimum Gasteiger partial charge on any atom is -0.506 e. The summed E-state index contributed by atoms with van der Waals surface area (Å²) >= 11 is 20.6. The average molecular weight is 1070 g/mol. The van der Waals surface area contributed by atoms with E-state index in [0.29, 0.717) is 33.4 Å². The van der Waals surface area contributed by atoms with Gasteiger partial charge in [-0.3, -0.25) is 0 Å². The van der Waals surface area contributed by atoms with Gasteiger partial charge in [-0.1, -0.05) is 172 Å². The molecule has 4 N–H and O–H groups in total. The Morgan fingerprint density at radius 3 is 0.909 bits per heavy atom. The molecule has 364 valence electrons. The lowest BCUT2D eigenvalue weighted by molar-refractivity contribution is 0.126. The summed E-state index contributed by atoms with van der Waals surface area (Å²) in [7, 11) is 0. The fraction of sp³-hybridized carbons (Fsp3) is 0.586. The maximum Gasteiger partial charge on any atom is 0.137 e. The van der Waals surface area contributed by atoms with Crippen LogP contribution in [0.1, 0.15) is 208 Å². The second-order valence-corrected chi connectivity index (χ2v) is 28.8. The maximum absolute atomic E-state index is 10.9. The SMILES string of the molecule is CC1CC(C)(C)CC(c2cc(Br)c(O)c(C(C)(C)C)c2)(c2cc(Br)c(O)c(C(C)(C)C)c2)C1.CC1CC(C)(C)CC(c2cc(Cl)c(O)c(C(C)(C)C)c2)(c2cc(Cl)c(O)c(C(C)(C)C)c2)C1. The molecule has 0 heterocycles. The molecule has 2 unspecified atom stereocenters. The van der Waals surface area contributed by atoms with Gasteiger partial charge in [0.15, 0.2) is 0 Å². The van der Waals surface area contributed by atoms with Crippen LogP contribution < -0.4 is 0 Å². The molecule has 0 radical (unpaired) electrons. The Balaban J connectivity index is 0.000000247. The molecule has 0 bridgehead atoms. The first-order chi connectivity index (χ1) is 29.7. The van der Waals surface area contributed by atoms with E-state index in [2.05, 4.69) is 193 Å². The van der Waals surface area contributed by atoms with Crippen LogP contribution in [0.2, 0.25) is 10.0 Å². The van der Waals surface area contributed by atoms with Gasteiger partial charge in [-0.05, 0) is 161 Å². The Labute approximate surface area is 426 Å². The molecule has 4 aromatic rings. The number of phenolic OH excluding ortho intramolecular Hbond substituents is 4. The van der Waals surface area contributed by atoms with Gasteiger partial charge in [0.2, 0.25) is 0 Å². The monoisotopic (exact) mass is 1070 g/mol. The lowest BCUT2D eigenvalue weighted by Crippen LogP contribution is -2.41. The molecule has 0 aliphatic heterocycles. The summed E-state index contributed by atoms with van der Waals surface area (Å²) in [5, 5.41) is 44.2. The summed E-state index contributed by atoms with van der Waals surface area (Å²) in [6.07, 6.45) is 6.24. The number of phenols is 4. The average Bonchev–Trinajstić information content (AvgIpc) is 3.12. The van der Waals surface area contributed by atoms with E-state index in [9.17, 15) is 20.4 Å². The van der Waals surface area contributed by atoms with Crippen molar-refractivity contribution < 1.29 is 20.4 Å². The van der Waals surface area contributed by atoms with Gasteiger partial charge in [0.1, 0.15) is 23.0 Å². The summed E-state index contributed by atoms with van der Waals surface area (Å²) in [5.74, 6) is 2.00. The van der Waals surface area contributed by atoms with E-state index in [1.165, 1.54) is 17.5 Å². The molecule has 0 amide bonds. The Morgan fingerprint density at radius 2 is 0.667 bits per heavy atom. The fourth-order valence-electron chi connectivity index (χ4n) is 12.1. The third kappa shape index (κ3) is 11.3. The van der Waals surface area contributed by atoms with E-state index in [1.54, 1.807) is 0 Å². The van der Waals surface area contributed by atoms with Gasteiger partial charge >= 0.3 is 0 Å². The molecule has 2 fully saturated rings. The number of hydrogen-bond donors (Lipinski definition) is 4. The van der Waals surface area contributed by atoms with Crippen molar-refractivity contribution in [3.8, 4) is 23.0 Å². The molecule has 2 atom stereocenters. The number of hydrogen-bond acceptors (Lipinski definition) is 4. The van der Waals surface area contributed by atoms with Crippen LogP contribution in [-0.2, 0) is 32.5 Å². The summed E-state index contributed by atoms with van der Waals surface area (Å²) in [4.78, 5) is 0. The van der Waals surface area contributed by atoms with Crippen LogP contribution in [0.4, 0.5) is 0 Å². The van der Waals surface area contributed by atoms with Crippen LogP contribution in [0.25, 0.3) is 0 Å². The van der Waals surface area contributed by atoms with Crippen molar-refractivity contribution in [3.05, 3.63) is 112 Å². The summed E-state index contributed by atoms with van der Waals surface area (Å²) in [5.41, 5.74) is 7.09. The van der Waals surface area contributed by atoms with E-state index in [-0.39, 0.29) is 54.8 Å². The number of rotatable bonds is 4. The van der Waals surface area contributed by atoms with Crippen LogP contribution in [0.3, 0.4) is 0 Å². The Kier molecular flexibility index (Phi) is 15.2. The zero-order chi connectivity index (χ0) is 50.3. The smallest absolute Gasteiger partial charge is 0.137 e. The van der Waals surface area contributed by atoms with E-state index in [0.717, 1.165) is 74.4 Å². The first-order valence-electron chi connectivity index (χ1n) is 23.9. The molecule has 0 saturated heterocycles. The quantitative estimate of drug-likeness (QED) is 0.164. The van der Waals surface area contributed by atoms with Crippen molar-refractivity contribution in [2.75, 3.05) is 0 Å². The second-order valence-electron chi connectivity index (χ2n) is 26.3. The minimum absolute atomic E-state index is 0.107. The second kappa shape index (κ2) is 18.4. The largest absolute Gasteiger partial charge is 0.506 e. The Hall–Kier alpha value is -2.38. The highest BCUT2D eigenvalue weighted by Gasteiger charge is 2.48. The molecule has 4 nitrogen and oxygen atoms in total. The van der Waals surface area contributed by atoms with Crippen LogP contribution in [0.15, 0.2) is 57.5 Å². The molecule has 8 heteroatoms. The van der Waals surface area contributed by atoms with Gasteiger partial charge < -0.3 is 20.4 Å². The van der Waals surface area contributed by atoms with Crippen molar-refractivity contribution >= 4 is 55.1 Å². The van der Waals surface area contributed by atoms with Crippen molar-refractivity contribution in [3.63, 3.8) is 0 Å². The van der Waals surface area contributed by atoms with E-state index in [1.807, 2.05) is 12.1 Å². The standard InChI is InChI=1S/C29H40Br2O2.C29H40Cl2O2/c2*1-17-14-28(8,9)16-29(15-17,18-10-20(26(2,3)4)24(32)22(30)12-18)19-11-21(27(5,6)7)25(33)23(31)13-19/h2*10-13,17,32-33H,14-16H2,1-9H3. The Morgan fingerprint density at radius 1 is 0.424 bits per heavy atom. The summed E-state index contributed by atoms with van der Waals surface area (Å²) < 4.78 is 1.49. The summed E-state index contributed by atoms with van der Waals surface area (Å²) in [6, 6.07) is 16.9. The summed E-state index contributed by atoms with van der Waals surface area (Å²) in [6.45, 7) is 39.5. The van der Waals surface area contributed by atoms with Crippen LogP contribution >= 0.6 is 55.1 Å². The number of halogens is 4. The van der Waals surface area contributed by atoms with Crippen LogP contribution in [-0.4, -0.2) is 20.4 Å². The van der Waals surface area contributed by atoms with Gasteiger partial charge in [-0.2, -0.15) is 0 Å². The van der Waals surface area contributed by atoms with Gasteiger partial charge in [-0.15, -0.1) is 0 Å². The topological polar surface area (TPSA) is 80.9 Å². The molecule has 6 rings (SSSR count). The zero-order valence-electron chi connectivity index (χ0n) is 43.3. The zero-order valence-corrected chi connectivity index (χ0v) is 48.0. The first-order valence-corrected chi connectivity index (χ1v) is 26.2. The molecule has 0 aromatic heterocycles. The van der Waals surface area contributed by atoms with E-state index >= 15 is 0 Å². The van der Waals surface area contributed by atoms with Crippen molar-refractivity contribution in [1.29, 1.82) is 0 Å². The first kappa shape index (κ1) is 54.6. The highest BCUT2D eigenvalue weighted by molar-refractivity contribution is 9.11. The van der Waals surface area contributed by atoms with Crippen molar-refractivity contribution in [2.45, 2.75) is 196 Å². The normalized spacial score (nSPS) is 20.6. The molecule has 66 heavy (non-hydrogen) atoms. The lowest BCUT2D eigenvalue weighted by atomic mass is 9.55. The highest BCUT2D eigenvalue weighted by Crippen LogP contribution is 2.58. The predicted molar refractivity (Wildman–Crippen MR) is 288 cm³/mol. The fourth-order valence-corrected chi connectivity index (χ4v) is 13.5. The third-order valence-corrected chi connectivity index (χ3v) is 16.2. The molecule has 2 saturated carbocycles. The van der Waals surface area contributed by atoms with Crippen molar-refractivity contribution in [2.24, 2.45) is 22.7 Å². The van der Waals surface area contributed by atoms with Crippen molar-refractivity contribution in [1.82, 2.24) is 0 Å². The predicted octanol–water partition coefficient (Wildman–Crippen LogP) is 18.5. The van der Waals surface area contributed by atoms with Gasteiger partial charge in [0, 0.05) is 33.1 Å². The molecule has 0 spiro atoms. The van der Waals surface area contributed by atoms with Gasteiger partial charge in [0.25, 0.3) is 0 Å². The number of benzene rings is 4. The van der Waals surface area contributed by atoms with E-state index in [4.69, 9.17) is 23.2 Å². The Bertz CT molecular complexity index is 2150.